The largest absolute Gasteiger partial charge is 0.438 e. The highest BCUT2D eigenvalue weighted by atomic mass is 35.5. The van der Waals surface area contributed by atoms with Gasteiger partial charge in [0.05, 0.1) is 5.69 Å². The zero-order chi connectivity index (χ0) is 13.6. The minimum atomic E-state index is -4.80. The molecule has 0 aliphatic carbocycles. The standard InChI is InChI=1S/C11H10ClF3N2O/c1-7-6-10(18,11(13,14)15)17(16-7)9-4-2-8(12)3-5-9/h2-5,18H,6H2,1H3. The number of hydrazone groups is 1. The van der Waals surface area contributed by atoms with Gasteiger partial charge in [0.15, 0.2) is 0 Å². The van der Waals surface area contributed by atoms with Crippen molar-refractivity contribution in [3.63, 3.8) is 0 Å². The predicted octanol–water partition coefficient (Wildman–Crippen LogP) is 3.18. The van der Waals surface area contributed by atoms with Crippen LogP contribution in [-0.4, -0.2) is 22.7 Å². The van der Waals surface area contributed by atoms with Gasteiger partial charge in [0.25, 0.3) is 5.72 Å². The van der Waals surface area contributed by atoms with Crippen LogP contribution in [0.25, 0.3) is 0 Å². The molecule has 7 heteroatoms. The molecule has 1 heterocycles. The molecule has 0 aromatic heterocycles. The summed E-state index contributed by atoms with van der Waals surface area (Å²) in [7, 11) is 0. The van der Waals surface area contributed by atoms with E-state index in [4.69, 9.17) is 11.6 Å². The second-order valence-electron chi connectivity index (χ2n) is 4.11. The number of hydrogen-bond donors (Lipinski definition) is 1. The molecule has 0 radical (unpaired) electrons. The van der Waals surface area contributed by atoms with Crippen molar-refractivity contribution in [2.24, 2.45) is 5.10 Å². The Hall–Kier alpha value is -1.27. The van der Waals surface area contributed by atoms with E-state index < -0.39 is 18.3 Å². The molecule has 1 aliphatic heterocycles. The van der Waals surface area contributed by atoms with Gasteiger partial charge in [-0.15, -0.1) is 0 Å². The molecule has 0 spiro atoms. The average Bonchev–Trinajstić information content (AvgIpc) is 2.56. The van der Waals surface area contributed by atoms with E-state index in [1.165, 1.54) is 31.2 Å². The maximum Gasteiger partial charge on any atom is 0.438 e. The summed E-state index contributed by atoms with van der Waals surface area (Å²) >= 11 is 5.67. The van der Waals surface area contributed by atoms with E-state index in [1.54, 1.807) is 0 Å². The lowest BCUT2D eigenvalue weighted by molar-refractivity contribution is -0.254. The summed E-state index contributed by atoms with van der Waals surface area (Å²) in [6.07, 6.45) is -5.37. The van der Waals surface area contributed by atoms with Crippen LogP contribution in [0.1, 0.15) is 13.3 Å². The summed E-state index contributed by atoms with van der Waals surface area (Å²) in [5.41, 5.74) is -2.65. The van der Waals surface area contributed by atoms with Crippen LogP contribution < -0.4 is 5.01 Å². The maximum atomic E-state index is 12.9. The molecule has 1 N–H and O–H groups in total. The van der Waals surface area contributed by atoms with Gasteiger partial charge in [0.1, 0.15) is 0 Å². The third-order valence-electron chi connectivity index (χ3n) is 2.65. The van der Waals surface area contributed by atoms with Crippen molar-refractivity contribution in [1.29, 1.82) is 0 Å². The first kappa shape index (κ1) is 13.2. The van der Waals surface area contributed by atoms with Gasteiger partial charge in [-0.05, 0) is 31.2 Å². The number of anilines is 1. The summed E-state index contributed by atoms with van der Waals surface area (Å²) < 4.78 is 38.8. The first-order valence-electron chi connectivity index (χ1n) is 5.13. The minimum absolute atomic E-state index is 0.135. The van der Waals surface area contributed by atoms with Crippen LogP contribution in [0.3, 0.4) is 0 Å². The molecule has 0 saturated carbocycles. The number of aliphatic hydroxyl groups is 1. The highest BCUT2D eigenvalue weighted by Gasteiger charge is 2.61. The van der Waals surface area contributed by atoms with Crippen molar-refractivity contribution in [3.05, 3.63) is 29.3 Å². The second-order valence-corrected chi connectivity index (χ2v) is 4.55. The highest BCUT2D eigenvalue weighted by Crippen LogP contribution is 2.42. The Morgan fingerprint density at radius 1 is 1.33 bits per heavy atom. The number of alkyl halides is 3. The van der Waals surface area contributed by atoms with Crippen molar-refractivity contribution in [2.45, 2.75) is 25.2 Å². The van der Waals surface area contributed by atoms with Crippen LogP contribution in [0.2, 0.25) is 5.02 Å². The van der Waals surface area contributed by atoms with E-state index in [1.807, 2.05) is 0 Å². The fraction of sp³-hybridized carbons (Fsp3) is 0.364. The third kappa shape index (κ3) is 2.06. The highest BCUT2D eigenvalue weighted by molar-refractivity contribution is 6.30. The Balaban J connectivity index is 2.44. The molecule has 18 heavy (non-hydrogen) atoms. The van der Waals surface area contributed by atoms with Gasteiger partial charge in [-0.2, -0.15) is 18.3 Å². The SMILES string of the molecule is CC1=NN(c2ccc(Cl)cc2)C(O)(C(F)(F)F)C1. The maximum absolute atomic E-state index is 12.9. The van der Waals surface area contributed by atoms with Crippen LogP contribution in [0, 0.1) is 0 Å². The predicted molar refractivity (Wildman–Crippen MR) is 62.7 cm³/mol. The van der Waals surface area contributed by atoms with E-state index >= 15 is 0 Å². The lowest BCUT2D eigenvalue weighted by Crippen LogP contribution is -2.55. The van der Waals surface area contributed by atoms with Crippen molar-refractivity contribution < 1.29 is 18.3 Å². The zero-order valence-corrected chi connectivity index (χ0v) is 10.1. The molecular formula is C11H10ClF3N2O. The molecule has 0 saturated heterocycles. The van der Waals surface area contributed by atoms with Crippen LogP contribution in [0.4, 0.5) is 18.9 Å². The van der Waals surface area contributed by atoms with Crippen molar-refractivity contribution in [2.75, 3.05) is 5.01 Å². The van der Waals surface area contributed by atoms with Crippen molar-refractivity contribution >= 4 is 23.0 Å². The van der Waals surface area contributed by atoms with Crippen LogP contribution in [0.15, 0.2) is 29.4 Å². The van der Waals surface area contributed by atoms with Crippen LogP contribution in [-0.2, 0) is 0 Å². The molecule has 1 unspecified atom stereocenters. The Morgan fingerprint density at radius 3 is 2.39 bits per heavy atom. The molecule has 0 fully saturated rings. The molecule has 2 rings (SSSR count). The average molecular weight is 279 g/mol. The number of hydrogen-bond acceptors (Lipinski definition) is 3. The Kier molecular flexibility index (Phi) is 3.03. The minimum Gasteiger partial charge on any atom is -0.362 e. The zero-order valence-electron chi connectivity index (χ0n) is 9.37. The molecule has 1 aromatic rings. The van der Waals surface area contributed by atoms with Gasteiger partial charge in [-0.1, -0.05) is 11.6 Å². The van der Waals surface area contributed by atoms with Crippen LogP contribution in [0.5, 0.6) is 0 Å². The molecule has 1 aliphatic rings. The molecule has 0 amide bonds. The van der Waals surface area contributed by atoms with Gasteiger partial charge in [-0.3, -0.25) is 0 Å². The van der Waals surface area contributed by atoms with E-state index in [-0.39, 0.29) is 11.4 Å². The molecule has 1 atom stereocenters. The van der Waals surface area contributed by atoms with Gasteiger partial charge < -0.3 is 5.11 Å². The molecule has 3 nitrogen and oxygen atoms in total. The van der Waals surface area contributed by atoms with E-state index in [9.17, 15) is 18.3 Å². The Labute approximate surface area is 106 Å². The summed E-state index contributed by atoms with van der Waals surface area (Å²) in [5, 5.41) is 14.6. The number of rotatable bonds is 1. The summed E-state index contributed by atoms with van der Waals surface area (Å²) in [6, 6.07) is 5.63. The summed E-state index contributed by atoms with van der Waals surface area (Å²) in [5.74, 6) is 0. The van der Waals surface area contributed by atoms with Crippen LogP contribution >= 0.6 is 11.6 Å². The van der Waals surface area contributed by atoms with Crippen molar-refractivity contribution in [3.8, 4) is 0 Å². The lowest BCUT2D eigenvalue weighted by Gasteiger charge is -2.34. The molecule has 0 bridgehead atoms. The Morgan fingerprint density at radius 2 is 1.89 bits per heavy atom. The fourth-order valence-corrected chi connectivity index (χ4v) is 1.92. The normalized spacial score (nSPS) is 24.3. The molecule has 98 valence electrons. The molecule has 1 aromatic carbocycles. The van der Waals surface area contributed by atoms with Crippen molar-refractivity contribution in [1.82, 2.24) is 0 Å². The topological polar surface area (TPSA) is 35.8 Å². The molecular weight excluding hydrogens is 269 g/mol. The summed E-state index contributed by atoms with van der Waals surface area (Å²) in [6.45, 7) is 1.44. The van der Waals surface area contributed by atoms with Gasteiger partial charge >= 0.3 is 6.18 Å². The Bertz CT molecular complexity index is 486. The van der Waals surface area contributed by atoms with Gasteiger partial charge in [0, 0.05) is 17.2 Å². The fourth-order valence-electron chi connectivity index (χ4n) is 1.79. The van der Waals surface area contributed by atoms with E-state index in [0.717, 1.165) is 0 Å². The van der Waals surface area contributed by atoms with E-state index in [2.05, 4.69) is 5.10 Å². The second kappa shape index (κ2) is 4.13. The summed E-state index contributed by atoms with van der Waals surface area (Å²) in [4.78, 5) is 0. The van der Waals surface area contributed by atoms with E-state index in [0.29, 0.717) is 10.0 Å². The third-order valence-corrected chi connectivity index (χ3v) is 2.90. The first-order chi connectivity index (χ1) is 8.24. The monoisotopic (exact) mass is 278 g/mol. The number of nitrogens with zero attached hydrogens (tertiary/aromatic N) is 2. The van der Waals surface area contributed by atoms with Gasteiger partial charge in [-0.25, -0.2) is 5.01 Å². The quantitative estimate of drug-likeness (QED) is 0.856. The smallest absolute Gasteiger partial charge is 0.362 e. The lowest BCUT2D eigenvalue weighted by atomic mass is 10.1. The van der Waals surface area contributed by atoms with Gasteiger partial charge in [0.2, 0.25) is 0 Å². The first-order valence-corrected chi connectivity index (χ1v) is 5.51. The number of benzene rings is 1. The number of halogens is 4.